The number of rotatable bonds is 12. The molecule has 0 aliphatic carbocycles. The van der Waals surface area contributed by atoms with E-state index in [1.807, 2.05) is 0 Å². The molecular formula is C15H29NO2. The molecule has 0 saturated heterocycles. The highest BCUT2D eigenvalue weighted by atomic mass is 16.5. The van der Waals surface area contributed by atoms with Gasteiger partial charge in [-0.15, -0.1) is 6.58 Å². The summed E-state index contributed by atoms with van der Waals surface area (Å²) in [6.07, 6.45) is 11.5. The van der Waals surface area contributed by atoms with Gasteiger partial charge in [0.05, 0.1) is 7.11 Å². The molecule has 0 radical (unpaired) electrons. The predicted octanol–water partition coefficient (Wildman–Crippen LogP) is 3.44. The fourth-order valence-corrected chi connectivity index (χ4v) is 1.98. The van der Waals surface area contributed by atoms with Crippen LogP contribution >= 0.6 is 0 Å². The number of methoxy groups -OCH3 is 1. The van der Waals surface area contributed by atoms with Crippen molar-refractivity contribution in [2.24, 2.45) is 0 Å². The average molecular weight is 255 g/mol. The number of carbonyl (C=O) groups is 1. The molecule has 0 fully saturated rings. The van der Waals surface area contributed by atoms with Crippen molar-refractivity contribution in [1.82, 2.24) is 5.32 Å². The van der Waals surface area contributed by atoms with E-state index in [4.69, 9.17) is 4.74 Å². The van der Waals surface area contributed by atoms with Crippen LogP contribution in [0.1, 0.15) is 58.3 Å². The standard InChI is InChI=1S/C15H29NO2/c1-4-6-7-8-9-10-11-12-14(15(17)18-3)16-13-5-2/h5,14,16H,2,4,6-13H2,1,3H3. The van der Waals surface area contributed by atoms with Crippen LogP contribution in [0.5, 0.6) is 0 Å². The van der Waals surface area contributed by atoms with E-state index in [0.717, 1.165) is 12.8 Å². The van der Waals surface area contributed by atoms with Gasteiger partial charge in [-0.05, 0) is 6.42 Å². The van der Waals surface area contributed by atoms with Gasteiger partial charge < -0.3 is 10.1 Å². The highest BCUT2D eigenvalue weighted by molar-refractivity contribution is 5.75. The van der Waals surface area contributed by atoms with Crippen molar-refractivity contribution in [3.63, 3.8) is 0 Å². The van der Waals surface area contributed by atoms with Crippen molar-refractivity contribution in [1.29, 1.82) is 0 Å². The molecule has 0 aromatic carbocycles. The summed E-state index contributed by atoms with van der Waals surface area (Å²) in [6.45, 7) is 6.52. The van der Waals surface area contributed by atoms with Crippen LogP contribution in [-0.2, 0) is 9.53 Å². The number of hydrogen-bond donors (Lipinski definition) is 1. The fourth-order valence-electron chi connectivity index (χ4n) is 1.98. The average Bonchev–Trinajstić information content (AvgIpc) is 2.40. The van der Waals surface area contributed by atoms with E-state index in [0.29, 0.717) is 6.54 Å². The van der Waals surface area contributed by atoms with Gasteiger partial charge in [-0.3, -0.25) is 4.79 Å². The summed E-state index contributed by atoms with van der Waals surface area (Å²) in [5, 5.41) is 3.14. The number of esters is 1. The van der Waals surface area contributed by atoms with Crippen LogP contribution in [0.15, 0.2) is 12.7 Å². The Morgan fingerprint density at radius 3 is 2.39 bits per heavy atom. The van der Waals surface area contributed by atoms with Gasteiger partial charge in [-0.1, -0.05) is 57.9 Å². The first-order valence-electron chi connectivity index (χ1n) is 7.18. The molecule has 18 heavy (non-hydrogen) atoms. The van der Waals surface area contributed by atoms with Crippen molar-refractivity contribution >= 4 is 5.97 Å². The number of ether oxygens (including phenoxy) is 1. The molecule has 0 saturated carbocycles. The van der Waals surface area contributed by atoms with Crippen LogP contribution in [0.2, 0.25) is 0 Å². The minimum absolute atomic E-state index is 0.164. The molecular weight excluding hydrogens is 226 g/mol. The number of unbranched alkanes of at least 4 members (excludes halogenated alkanes) is 6. The quantitative estimate of drug-likeness (QED) is 0.330. The highest BCUT2D eigenvalue weighted by Gasteiger charge is 2.16. The van der Waals surface area contributed by atoms with E-state index in [-0.39, 0.29) is 12.0 Å². The zero-order chi connectivity index (χ0) is 13.6. The zero-order valence-corrected chi connectivity index (χ0v) is 12.0. The smallest absolute Gasteiger partial charge is 0.322 e. The van der Waals surface area contributed by atoms with Crippen molar-refractivity contribution in [2.45, 2.75) is 64.3 Å². The Hall–Kier alpha value is -0.830. The van der Waals surface area contributed by atoms with Crippen molar-refractivity contribution in [2.75, 3.05) is 13.7 Å². The molecule has 0 aliphatic rings. The monoisotopic (exact) mass is 255 g/mol. The number of nitrogens with one attached hydrogen (secondary N) is 1. The minimum Gasteiger partial charge on any atom is -0.468 e. The lowest BCUT2D eigenvalue weighted by Gasteiger charge is -2.15. The van der Waals surface area contributed by atoms with Gasteiger partial charge in [0.1, 0.15) is 6.04 Å². The van der Waals surface area contributed by atoms with Gasteiger partial charge in [0.2, 0.25) is 0 Å². The molecule has 3 heteroatoms. The second-order valence-corrected chi connectivity index (χ2v) is 4.68. The normalized spacial score (nSPS) is 12.1. The molecule has 0 bridgehead atoms. The third-order valence-corrected chi connectivity index (χ3v) is 3.09. The SMILES string of the molecule is C=CCNC(CCCCCCCCC)C(=O)OC. The molecule has 0 rings (SSSR count). The summed E-state index contributed by atoms with van der Waals surface area (Å²) in [6, 6.07) is -0.177. The van der Waals surface area contributed by atoms with Gasteiger partial charge >= 0.3 is 5.97 Å². The molecule has 0 aliphatic heterocycles. The second kappa shape index (κ2) is 12.6. The van der Waals surface area contributed by atoms with Gasteiger partial charge in [0.15, 0.2) is 0 Å². The third-order valence-electron chi connectivity index (χ3n) is 3.09. The third kappa shape index (κ3) is 9.23. The lowest BCUT2D eigenvalue weighted by Crippen LogP contribution is -2.37. The van der Waals surface area contributed by atoms with E-state index in [1.54, 1.807) is 6.08 Å². The van der Waals surface area contributed by atoms with Gasteiger partial charge in [-0.2, -0.15) is 0 Å². The van der Waals surface area contributed by atoms with Gasteiger partial charge in [0.25, 0.3) is 0 Å². The molecule has 1 N–H and O–H groups in total. The Morgan fingerprint density at radius 1 is 1.22 bits per heavy atom. The summed E-state index contributed by atoms with van der Waals surface area (Å²) < 4.78 is 4.78. The lowest BCUT2D eigenvalue weighted by molar-refractivity contribution is -0.143. The summed E-state index contributed by atoms with van der Waals surface area (Å²) >= 11 is 0. The van der Waals surface area contributed by atoms with E-state index in [1.165, 1.54) is 45.6 Å². The van der Waals surface area contributed by atoms with Crippen LogP contribution < -0.4 is 5.32 Å². The first kappa shape index (κ1) is 17.2. The topological polar surface area (TPSA) is 38.3 Å². The highest BCUT2D eigenvalue weighted by Crippen LogP contribution is 2.10. The predicted molar refractivity (Wildman–Crippen MR) is 76.6 cm³/mol. The molecule has 1 atom stereocenters. The lowest BCUT2D eigenvalue weighted by atomic mass is 10.1. The Morgan fingerprint density at radius 2 is 1.83 bits per heavy atom. The van der Waals surface area contributed by atoms with E-state index < -0.39 is 0 Å². The van der Waals surface area contributed by atoms with Crippen molar-refractivity contribution < 1.29 is 9.53 Å². The molecule has 0 amide bonds. The largest absolute Gasteiger partial charge is 0.468 e. The van der Waals surface area contributed by atoms with E-state index in [2.05, 4.69) is 18.8 Å². The molecule has 106 valence electrons. The minimum atomic E-state index is -0.177. The molecule has 0 spiro atoms. The van der Waals surface area contributed by atoms with Gasteiger partial charge in [-0.25, -0.2) is 0 Å². The van der Waals surface area contributed by atoms with Crippen molar-refractivity contribution in [3.8, 4) is 0 Å². The molecule has 1 unspecified atom stereocenters. The maximum atomic E-state index is 11.5. The molecule has 0 heterocycles. The molecule has 0 aromatic rings. The van der Waals surface area contributed by atoms with Gasteiger partial charge in [0, 0.05) is 6.54 Å². The van der Waals surface area contributed by atoms with Crippen LogP contribution in [0, 0.1) is 0 Å². The summed E-state index contributed by atoms with van der Waals surface area (Å²) in [4.78, 5) is 11.5. The maximum Gasteiger partial charge on any atom is 0.322 e. The van der Waals surface area contributed by atoms with Crippen LogP contribution in [0.3, 0.4) is 0 Å². The Bertz CT molecular complexity index is 217. The maximum absolute atomic E-state index is 11.5. The van der Waals surface area contributed by atoms with Crippen LogP contribution in [-0.4, -0.2) is 25.7 Å². The Balaban J connectivity index is 3.62. The Labute approximate surface area is 112 Å². The fraction of sp³-hybridized carbons (Fsp3) is 0.800. The van der Waals surface area contributed by atoms with Crippen LogP contribution in [0.4, 0.5) is 0 Å². The van der Waals surface area contributed by atoms with Crippen molar-refractivity contribution in [3.05, 3.63) is 12.7 Å². The summed E-state index contributed by atoms with van der Waals surface area (Å²) in [5.74, 6) is -0.164. The van der Waals surface area contributed by atoms with Crippen LogP contribution in [0.25, 0.3) is 0 Å². The zero-order valence-electron chi connectivity index (χ0n) is 12.0. The van der Waals surface area contributed by atoms with E-state index in [9.17, 15) is 4.79 Å². The molecule has 3 nitrogen and oxygen atoms in total. The second-order valence-electron chi connectivity index (χ2n) is 4.68. The number of hydrogen-bond acceptors (Lipinski definition) is 3. The Kier molecular flexibility index (Phi) is 12.0. The molecule has 0 aromatic heterocycles. The summed E-state index contributed by atoms with van der Waals surface area (Å²) in [5.41, 5.74) is 0. The van der Waals surface area contributed by atoms with E-state index >= 15 is 0 Å². The first-order valence-corrected chi connectivity index (χ1v) is 7.18. The summed E-state index contributed by atoms with van der Waals surface area (Å²) in [7, 11) is 1.44. The number of carbonyl (C=O) groups excluding carboxylic acids is 1. The first-order chi connectivity index (χ1) is 8.76.